The molecule has 1 heterocycles. The van der Waals surface area contributed by atoms with E-state index < -0.39 is 21.3 Å². The van der Waals surface area contributed by atoms with Crippen LogP contribution in [0.25, 0.3) is 0 Å². The second kappa shape index (κ2) is 5.24. The fraction of sp³-hybridized carbons (Fsp3) is 0.167. The molecule has 1 amide bonds. The van der Waals surface area contributed by atoms with E-state index in [1.165, 1.54) is 17.5 Å². The Hall–Kier alpha value is 0.0800. The molecule has 1 aromatic heterocycles. The third kappa shape index (κ3) is 3.34. The first-order chi connectivity index (χ1) is 5.93. The Morgan fingerprint density at radius 2 is 2.14 bits per heavy atom. The van der Waals surface area contributed by atoms with Crippen LogP contribution in [0, 0.1) is 0 Å². The molecule has 71 valence electrons. The molecule has 0 saturated heterocycles. The maximum absolute atomic E-state index is 10.6. The van der Waals surface area contributed by atoms with Gasteiger partial charge in [0.15, 0.2) is 5.25 Å². The zero-order valence-corrected chi connectivity index (χ0v) is 10.9. The smallest absolute Gasteiger partial charge is 0.747 e. The van der Waals surface area contributed by atoms with E-state index in [2.05, 4.69) is 0 Å². The first kappa shape index (κ1) is 14.1. The SMILES string of the molecule is [NH]C(=O)C(c1cccs1)S(=O)(=O)[O-].[Na+]. The standard InChI is InChI=1S/C6H6NO4S2.Na/c7-6(8)5(13(9,10)11)4-2-1-3-12-4;/h1-3,5,7H,(H,9,10,11);/q;+1/p-1. The third-order valence-electron chi connectivity index (χ3n) is 1.33. The molecule has 0 aliphatic rings. The summed E-state index contributed by atoms with van der Waals surface area (Å²) in [4.78, 5) is 10.7. The summed E-state index contributed by atoms with van der Waals surface area (Å²) >= 11 is 0.966. The Kier molecular flexibility index (Phi) is 5.27. The van der Waals surface area contributed by atoms with Crippen molar-refractivity contribution in [2.24, 2.45) is 0 Å². The maximum Gasteiger partial charge on any atom is 1.00 e. The molecule has 0 aliphatic heterocycles. The van der Waals surface area contributed by atoms with E-state index in [0.29, 0.717) is 0 Å². The molecule has 0 aliphatic carbocycles. The molecule has 1 radical (unpaired) electrons. The number of carbonyl (C=O) groups excluding carboxylic acids is 1. The normalized spacial score (nSPS) is 12.9. The maximum atomic E-state index is 10.6. The monoisotopic (exact) mass is 242 g/mol. The predicted molar refractivity (Wildman–Crippen MR) is 44.9 cm³/mol. The Morgan fingerprint density at radius 3 is 2.43 bits per heavy atom. The summed E-state index contributed by atoms with van der Waals surface area (Å²) in [6, 6.07) is 2.86. The second-order valence-corrected chi connectivity index (χ2v) is 4.69. The molecule has 1 unspecified atom stereocenters. The largest absolute Gasteiger partial charge is 1.00 e. The number of hydrogen-bond donors (Lipinski definition) is 0. The van der Waals surface area contributed by atoms with Gasteiger partial charge in [-0.05, 0) is 11.4 Å². The number of hydrogen-bond acceptors (Lipinski definition) is 5. The minimum absolute atomic E-state index is 0. The molecule has 0 aromatic carbocycles. The van der Waals surface area contributed by atoms with Gasteiger partial charge < -0.3 is 4.55 Å². The van der Waals surface area contributed by atoms with Gasteiger partial charge >= 0.3 is 29.6 Å². The van der Waals surface area contributed by atoms with E-state index in [1.54, 1.807) is 0 Å². The van der Waals surface area contributed by atoms with E-state index in [0.717, 1.165) is 11.3 Å². The molecule has 0 saturated carbocycles. The van der Waals surface area contributed by atoms with Crippen LogP contribution in [0.4, 0.5) is 0 Å². The molecule has 14 heavy (non-hydrogen) atoms. The Bertz CT molecular complexity index is 399. The van der Waals surface area contributed by atoms with Crippen molar-refractivity contribution < 1.29 is 47.3 Å². The fourth-order valence-corrected chi connectivity index (χ4v) is 2.69. The Labute approximate surface area is 107 Å². The van der Waals surface area contributed by atoms with Gasteiger partial charge in [0.25, 0.3) is 5.91 Å². The molecule has 0 bridgehead atoms. The second-order valence-electron chi connectivity index (χ2n) is 2.25. The molecule has 1 rings (SSSR count). The topological polar surface area (TPSA) is 98.1 Å². The summed E-state index contributed by atoms with van der Waals surface area (Å²) in [6.07, 6.45) is 0. The average Bonchev–Trinajstić information content (AvgIpc) is 2.34. The van der Waals surface area contributed by atoms with E-state index >= 15 is 0 Å². The van der Waals surface area contributed by atoms with Crippen molar-refractivity contribution in [1.29, 1.82) is 0 Å². The van der Waals surface area contributed by atoms with Crippen LogP contribution < -0.4 is 35.3 Å². The van der Waals surface area contributed by atoms with E-state index in [1.807, 2.05) is 0 Å². The minimum atomic E-state index is -4.76. The minimum Gasteiger partial charge on any atom is -0.747 e. The fourth-order valence-electron chi connectivity index (χ4n) is 0.843. The first-order valence-corrected chi connectivity index (χ1v) is 5.51. The first-order valence-electron chi connectivity index (χ1n) is 3.16. The van der Waals surface area contributed by atoms with E-state index in [9.17, 15) is 17.8 Å². The molecule has 1 aromatic rings. The molecule has 1 N–H and O–H groups in total. The molecule has 8 heteroatoms. The number of rotatable bonds is 3. The van der Waals surface area contributed by atoms with Crippen LogP contribution in [0.5, 0.6) is 0 Å². The summed E-state index contributed by atoms with van der Waals surface area (Å²) in [7, 11) is -4.76. The van der Waals surface area contributed by atoms with Crippen molar-refractivity contribution in [3.63, 3.8) is 0 Å². The quantitative estimate of drug-likeness (QED) is 0.420. The van der Waals surface area contributed by atoms with Gasteiger partial charge in [-0.3, -0.25) is 10.5 Å². The zero-order valence-electron chi connectivity index (χ0n) is 7.26. The molecule has 0 fully saturated rings. The van der Waals surface area contributed by atoms with Gasteiger partial charge in [-0.15, -0.1) is 11.3 Å². The average molecular weight is 242 g/mol. The Balaban J connectivity index is 0.00000169. The summed E-state index contributed by atoms with van der Waals surface area (Å²) in [5.41, 5.74) is 6.66. The van der Waals surface area contributed by atoms with Gasteiger partial charge in [-0.2, -0.15) is 0 Å². The van der Waals surface area contributed by atoms with Gasteiger partial charge in [-0.1, -0.05) is 6.07 Å². The molecular weight excluding hydrogens is 237 g/mol. The van der Waals surface area contributed by atoms with E-state index in [4.69, 9.17) is 5.73 Å². The van der Waals surface area contributed by atoms with Crippen molar-refractivity contribution in [3.05, 3.63) is 22.4 Å². The van der Waals surface area contributed by atoms with Crippen molar-refractivity contribution in [2.75, 3.05) is 0 Å². The summed E-state index contributed by atoms with van der Waals surface area (Å²) in [5.74, 6) is -1.39. The van der Waals surface area contributed by atoms with Crippen molar-refractivity contribution in [2.45, 2.75) is 5.25 Å². The van der Waals surface area contributed by atoms with Gasteiger partial charge in [0.05, 0.1) is 0 Å². The van der Waals surface area contributed by atoms with Crippen molar-refractivity contribution in [1.82, 2.24) is 5.73 Å². The van der Waals surface area contributed by atoms with Gasteiger partial charge in [0.2, 0.25) is 0 Å². The molecule has 0 spiro atoms. The molecule has 5 nitrogen and oxygen atoms in total. The Morgan fingerprint density at radius 1 is 1.57 bits per heavy atom. The third-order valence-corrected chi connectivity index (χ3v) is 3.46. The van der Waals surface area contributed by atoms with Crippen LogP contribution in [0.1, 0.15) is 10.1 Å². The van der Waals surface area contributed by atoms with Crippen molar-refractivity contribution >= 4 is 27.4 Å². The van der Waals surface area contributed by atoms with Crippen LogP contribution in [0.3, 0.4) is 0 Å². The summed E-state index contributed by atoms with van der Waals surface area (Å²) in [6.45, 7) is 0. The number of amides is 1. The molecule has 1 atom stereocenters. The van der Waals surface area contributed by atoms with Crippen LogP contribution in [0.15, 0.2) is 17.5 Å². The number of carbonyl (C=O) groups is 1. The summed E-state index contributed by atoms with van der Waals surface area (Å²) in [5, 5.41) is -0.330. The zero-order chi connectivity index (χ0) is 10.1. The van der Waals surface area contributed by atoms with Gasteiger partial charge in [0.1, 0.15) is 10.1 Å². The van der Waals surface area contributed by atoms with Gasteiger partial charge in [-0.25, -0.2) is 8.42 Å². The number of nitrogens with one attached hydrogen (secondary N) is 1. The summed E-state index contributed by atoms with van der Waals surface area (Å²) < 4.78 is 31.7. The van der Waals surface area contributed by atoms with E-state index in [-0.39, 0.29) is 34.4 Å². The van der Waals surface area contributed by atoms with Crippen LogP contribution in [0.2, 0.25) is 0 Å². The molecular formula is C6H5NNaO4S2. The van der Waals surface area contributed by atoms with Gasteiger partial charge in [0, 0.05) is 4.88 Å². The predicted octanol–water partition coefficient (Wildman–Crippen LogP) is -2.85. The van der Waals surface area contributed by atoms with Crippen LogP contribution >= 0.6 is 11.3 Å². The van der Waals surface area contributed by atoms with Crippen molar-refractivity contribution in [3.8, 4) is 0 Å². The van der Waals surface area contributed by atoms with Crippen LogP contribution in [-0.4, -0.2) is 18.9 Å². The van der Waals surface area contributed by atoms with Crippen LogP contribution in [-0.2, 0) is 14.9 Å². The number of thiophene rings is 1.